The van der Waals surface area contributed by atoms with Gasteiger partial charge in [-0.3, -0.25) is 9.80 Å². The number of hydrogen-bond donors (Lipinski definition) is 0. The van der Waals surface area contributed by atoms with Crippen molar-refractivity contribution in [3.63, 3.8) is 0 Å². The molecule has 0 amide bonds. The second kappa shape index (κ2) is 6.59. The average molecular weight is 314 g/mol. The summed E-state index contributed by atoms with van der Waals surface area (Å²) >= 11 is 0. The fourth-order valence-corrected chi connectivity index (χ4v) is 3.90. The van der Waals surface area contributed by atoms with Gasteiger partial charge in [-0.05, 0) is 31.9 Å². The first-order valence-corrected chi connectivity index (χ1v) is 8.78. The van der Waals surface area contributed by atoms with E-state index in [1.54, 1.807) is 0 Å². The molecule has 2 aliphatic heterocycles. The van der Waals surface area contributed by atoms with Crippen molar-refractivity contribution < 1.29 is 4.74 Å². The molecule has 0 N–H and O–H groups in total. The maximum atomic E-state index is 5.49. The molecule has 2 aromatic rings. The zero-order valence-electron chi connectivity index (χ0n) is 13.9. The third kappa shape index (κ3) is 3.13. The Morgan fingerprint density at radius 1 is 1.13 bits per heavy atom. The van der Waals surface area contributed by atoms with E-state index in [1.807, 2.05) is 0 Å². The maximum absolute atomic E-state index is 5.49. The van der Waals surface area contributed by atoms with Gasteiger partial charge in [-0.2, -0.15) is 0 Å². The van der Waals surface area contributed by atoms with Gasteiger partial charge in [0.2, 0.25) is 0 Å². The summed E-state index contributed by atoms with van der Waals surface area (Å²) in [6.45, 7) is 9.66. The highest BCUT2D eigenvalue weighted by Gasteiger charge is 2.26. The third-order valence-corrected chi connectivity index (χ3v) is 5.32. The largest absolute Gasteiger partial charge is 0.381 e. The van der Waals surface area contributed by atoms with E-state index >= 15 is 0 Å². The number of hydrogen-bond acceptors (Lipinski definition) is 4. The van der Waals surface area contributed by atoms with E-state index in [0.29, 0.717) is 0 Å². The lowest BCUT2D eigenvalue weighted by Gasteiger charge is -2.40. The molecule has 0 bridgehead atoms. The van der Waals surface area contributed by atoms with Crippen LogP contribution in [0.3, 0.4) is 0 Å². The first-order chi connectivity index (χ1) is 11.3. The normalized spacial score (nSPS) is 22.0. The molecule has 2 aliphatic rings. The van der Waals surface area contributed by atoms with Crippen molar-refractivity contribution in [2.24, 2.45) is 0 Å². The zero-order chi connectivity index (χ0) is 15.6. The first kappa shape index (κ1) is 15.1. The molecule has 23 heavy (non-hydrogen) atoms. The van der Waals surface area contributed by atoms with Crippen molar-refractivity contribution in [1.29, 1.82) is 0 Å². The van der Waals surface area contributed by atoms with Crippen molar-refractivity contribution in [3.8, 4) is 0 Å². The summed E-state index contributed by atoms with van der Waals surface area (Å²) in [6, 6.07) is 6.96. The molecule has 0 radical (unpaired) electrons. The van der Waals surface area contributed by atoms with Crippen LogP contribution in [0.1, 0.15) is 24.2 Å². The number of ether oxygens (including phenoxy) is 1. The van der Waals surface area contributed by atoms with Gasteiger partial charge >= 0.3 is 0 Å². The molecule has 0 aliphatic carbocycles. The second-order valence-electron chi connectivity index (χ2n) is 6.73. The van der Waals surface area contributed by atoms with Crippen LogP contribution in [0.2, 0.25) is 0 Å². The Morgan fingerprint density at radius 2 is 1.91 bits per heavy atom. The van der Waals surface area contributed by atoms with Gasteiger partial charge in [0.1, 0.15) is 5.65 Å². The molecule has 124 valence electrons. The topological polar surface area (TPSA) is 33.0 Å². The molecule has 5 heteroatoms. The fraction of sp³-hybridized carbons (Fsp3) is 0.611. The predicted molar refractivity (Wildman–Crippen MR) is 90.6 cm³/mol. The number of aryl methyl sites for hydroxylation is 1. The van der Waals surface area contributed by atoms with Crippen molar-refractivity contribution in [1.82, 2.24) is 19.2 Å². The molecule has 0 aromatic carbocycles. The summed E-state index contributed by atoms with van der Waals surface area (Å²) < 4.78 is 7.73. The summed E-state index contributed by atoms with van der Waals surface area (Å²) in [7, 11) is 0. The lowest BCUT2D eigenvalue weighted by molar-refractivity contribution is 0.0124. The Hall–Kier alpha value is -1.43. The fourth-order valence-electron chi connectivity index (χ4n) is 3.90. The minimum Gasteiger partial charge on any atom is -0.381 e. The van der Waals surface area contributed by atoms with Crippen LogP contribution < -0.4 is 0 Å². The maximum Gasteiger partial charge on any atom is 0.137 e. The SMILES string of the molecule is Cc1nc2ccccn2c1CN1CCN(C2CCOCC2)CC1. The second-order valence-corrected chi connectivity index (χ2v) is 6.73. The van der Waals surface area contributed by atoms with E-state index in [9.17, 15) is 0 Å². The summed E-state index contributed by atoms with van der Waals surface area (Å²) in [5, 5.41) is 0. The molecular formula is C18H26N4O. The van der Waals surface area contributed by atoms with E-state index < -0.39 is 0 Å². The van der Waals surface area contributed by atoms with Crippen molar-refractivity contribution >= 4 is 5.65 Å². The molecule has 2 saturated heterocycles. The number of rotatable bonds is 3. The van der Waals surface area contributed by atoms with Crippen molar-refractivity contribution in [2.75, 3.05) is 39.4 Å². The van der Waals surface area contributed by atoms with Crippen LogP contribution in [0.15, 0.2) is 24.4 Å². The number of imidazole rings is 1. The molecule has 0 atom stereocenters. The Labute approximate surface area is 137 Å². The van der Waals surface area contributed by atoms with Gasteiger partial charge in [-0.25, -0.2) is 4.98 Å². The van der Waals surface area contributed by atoms with Gasteiger partial charge in [0.25, 0.3) is 0 Å². The smallest absolute Gasteiger partial charge is 0.137 e. The summed E-state index contributed by atoms with van der Waals surface area (Å²) in [5.74, 6) is 0. The number of piperazine rings is 1. The predicted octanol–water partition coefficient (Wildman–Crippen LogP) is 1.94. The Morgan fingerprint density at radius 3 is 2.70 bits per heavy atom. The lowest BCUT2D eigenvalue weighted by atomic mass is 10.1. The Balaban J connectivity index is 1.39. The Bertz CT molecular complexity index is 654. The van der Waals surface area contributed by atoms with Crippen LogP contribution in [-0.4, -0.2) is 64.6 Å². The highest BCUT2D eigenvalue weighted by molar-refractivity contribution is 5.42. The standard InChI is InChI=1S/C18H26N4O/c1-15-17(22-7-3-2-4-18(22)19-15)14-20-8-10-21(11-9-20)16-5-12-23-13-6-16/h2-4,7,16H,5-6,8-14H2,1H3. The molecular weight excluding hydrogens is 288 g/mol. The van der Waals surface area contributed by atoms with Gasteiger partial charge < -0.3 is 9.14 Å². The van der Waals surface area contributed by atoms with E-state index in [4.69, 9.17) is 4.74 Å². The van der Waals surface area contributed by atoms with Crippen LogP contribution in [0, 0.1) is 6.92 Å². The van der Waals surface area contributed by atoms with E-state index in [2.05, 4.69) is 50.5 Å². The number of aromatic nitrogens is 2. The van der Waals surface area contributed by atoms with Crippen LogP contribution >= 0.6 is 0 Å². The summed E-state index contributed by atoms with van der Waals surface area (Å²) in [4.78, 5) is 9.91. The number of fused-ring (bicyclic) bond motifs is 1. The van der Waals surface area contributed by atoms with Crippen LogP contribution in [0.5, 0.6) is 0 Å². The molecule has 0 saturated carbocycles. The molecule has 2 aromatic heterocycles. The Kier molecular flexibility index (Phi) is 4.33. The van der Waals surface area contributed by atoms with Gasteiger partial charge in [-0.1, -0.05) is 6.07 Å². The lowest BCUT2D eigenvalue weighted by Crippen LogP contribution is -2.51. The number of nitrogens with zero attached hydrogens (tertiary/aromatic N) is 4. The monoisotopic (exact) mass is 314 g/mol. The molecule has 0 spiro atoms. The van der Waals surface area contributed by atoms with Crippen LogP contribution in [-0.2, 0) is 11.3 Å². The van der Waals surface area contributed by atoms with Gasteiger partial charge in [0.15, 0.2) is 0 Å². The summed E-state index contributed by atoms with van der Waals surface area (Å²) in [5.41, 5.74) is 3.55. The molecule has 2 fully saturated rings. The minimum atomic E-state index is 0.739. The third-order valence-electron chi connectivity index (χ3n) is 5.32. The van der Waals surface area contributed by atoms with E-state index in [0.717, 1.165) is 50.2 Å². The molecule has 4 rings (SSSR count). The van der Waals surface area contributed by atoms with Gasteiger partial charge in [-0.15, -0.1) is 0 Å². The van der Waals surface area contributed by atoms with E-state index in [-0.39, 0.29) is 0 Å². The van der Waals surface area contributed by atoms with Crippen molar-refractivity contribution in [3.05, 3.63) is 35.8 Å². The van der Waals surface area contributed by atoms with Crippen LogP contribution in [0.4, 0.5) is 0 Å². The first-order valence-electron chi connectivity index (χ1n) is 8.78. The summed E-state index contributed by atoms with van der Waals surface area (Å²) in [6.07, 6.45) is 4.53. The highest BCUT2D eigenvalue weighted by Crippen LogP contribution is 2.19. The highest BCUT2D eigenvalue weighted by atomic mass is 16.5. The number of pyridine rings is 1. The van der Waals surface area contributed by atoms with Crippen molar-refractivity contribution in [2.45, 2.75) is 32.4 Å². The minimum absolute atomic E-state index is 0.739. The van der Waals surface area contributed by atoms with Crippen LogP contribution in [0.25, 0.3) is 5.65 Å². The molecule has 0 unspecified atom stereocenters. The molecule has 4 heterocycles. The zero-order valence-corrected chi connectivity index (χ0v) is 13.9. The molecule has 5 nitrogen and oxygen atoms in total. The quantitative estimate of drug-likeness (QED) is 0.867. The average Bonchev–Trinajstić information content (AvgIpc) is 2.92. The van der Waals surface area contributed by atoms with Gasteiger partial charge in [0, 0.05) is 58.2 Å². The van der Waals surface area contributed by atoms with E-state index in [1.165, 1.54) is 31.6 Å². The van der Waals surface area contributed by atoms with Gasteiger partial charge in [0.05, 0.1) is 11.4 Å².